The van der Waals surface area contributed by atoms with E-state index in [0.29, 0.717) is 55.8 Å². The van der Waals surface area contributed by atoms with Crippen molar-refractivity contribution < 1.29 is 32.8 Å². The number of aliphatic hydroxyl groups is 1. The Hall–Kier alpha value is -2.53. The van der Waals surface area contributed by atoms with Gasteiger partial charge in [0.25, 0.3) is 0 Å². The van der Waals surface area contributed by atoms with Gasteiger partial charge in [-0.3, -0.25) is 4.72 Å². The molecule has 2 aromatic rings. The zero-order valence-corrected chi connectivity index (χ0v) is 23.8. The average molecular weight is 565 g/mol. The molecule has 3 rings (SSSR count). The largest absolute Gasteiger partial charge is 0.506 e. The van der Waals surface area contributed by atoms with Gasteiger partial charge in [0.05, 0.1) is 31.2 Å². The van der Waals surface area contributed by atoms with Crippen LogP contribution in [0.2, 0.25) is 0 Å². The van der Waals surface area contributed by atoms with Crippen LogP contribution in [-0.4, -0.2) is 66.6 Å². The number of phenols is 1. The van der Waals surface area contributed by atoms with Gasteiger partial charge in [-0.25, -0.2) is 0 Å². The molecule has 1 aliphatic heterocycles. The zero-order valence-electron chi connectivity index (χ0n) is 23.0. The number of unbranched alkanes of at least 4 members (excludes halogenated alkanes) is 7. The number of aromatic hydroxyl groups is 1. The number of phenolic OH excluding ortho intramolecular Hbond substituents is 1. The van der Waals surface area contributed by atoms with Crippen LogP contribution in [0, 0.1) is 0 Å². The summed E-state index contributed by atoms with van der Waals surface area (Å²) in [5.74, 6) is 1.12. The molecule has 2 aromatic carbocycles. The Morgan fingerprint density at radius 2 is 1.62 bits per heavy atom. The second-order valence-electron chi connectivity index (χ2n) is 9.71. The van der Waals surface area contributed by atoms with Crippen molar-refractivity contribution in [3.63, 3.8) is 0 Å². The van der Waals surface area contributed by atoms with Crippen molar-refractivity contribution in [1.29, 1.82) is 0 Å². The summed E-state index contributed by atoms with van der Waals surface area (Å²) in [7, 11) is 0. The molecular formula is C29H44N2O7S. The summed E-state index contributed by atoms with van der Waals surface area (Å²) in [5, 5.41) is 20.3. The first-order valence-electron chi connectivity index (χ1n) is 14.1. The molecule has 1 saturated heterocycles. The van der Waals surface area contributed by atoms with Crippen molar-refractivity contribution in [2.45, 2.75) is 64.4 Å². The number of rotatable bonds is 19. The predicted molar refractivity (Wildman–Crippen MR) is 155 cm³/mol. The smallest absolute Gasteiger partial charge is 0.316 e. The van der Waals surface area contributed by atoms with Gasteiger partial charge >= 0.3 is 11.3 Å². The highest BCUT2D eigenvalue weighted by molar-refractivity contribution is 7.81. The van der Waals surface area contributed by atoms with Gasteiger partial charge in [-0.2, -0.15) is 4.21 Å². The van der Waals surface area contributed by atoms with E-state index in [1.165, 1.54) is 38.5 Å². The standard InChI is InChI=1S/C29H44N2O7S/c1-2-3-4-5-6-7-8-9-18-36-22-25(32)23-37-26-11-13-27(14-12-26)38-39(34)30-24-10-15-29(33)28(21-24)31-16-19-35-20-17-31/h10-15,21,25,30,32-33H,2-9,16-20,22-23H2,1H3. The third-order valence-corrected chi connectivity index (χ3v) is 7.17. The van der Waals surface area contributed by atoms with Crippen molar-refractivity contribution >= 4 is 22.6 Å². The summed E-state index contributed by atoms with van der Waals surface area (Å²) in [6, 6.07) is 11.6. The lowest BCUT2D eigenvalue weighted by molar-refractivity contribution is 0.0109. The average Bonchev–Trinajstić information content (AvgIpc) is 2.95. The van der Waals surface area contributed by atoms with Gasteiger partial charge in [-0.05, 0) is 48.9 Å². The minimum absolute atomic E-state index is 0.122. The van der Waals surface area contributed by atoms with Crippen LogP contribution in [0.1, 0.15) is 58.3 Å². The van der Waals surface area contributed by atoms with Crippen LogP contribution >= 0.6 is 0 Å². The van der Waals surface area contributed by atoms with Crippen molar-refractivity contribution in [2.24, 2.45) is 0 Å². The van der Waals surface area contributed by atoms with Crippen molar-refractivity contribution in [3.05, 3.63) is 42.5 Å². The quantitative estimate of drug-likeness (QED) is 0.158. The van der Waals surface area contributed by atoms with E-state index in [2.05, 4.69) is 11.6 Å². The lowest BCUT2D eigenvalue weighted by Gasteiger charge is -2.29. The second kappa shape index (κ2) is 17.9. The number of aliphatic hydroxyl groups excluding tert-OH is 1. The van der Waals surface area contributed by atoms with E-state index >= 15 is 0 Å². The molecule has 0 amide bonds. The molecule has 0 saturated carbocycles. The number of anilines is 2. The molecule has 10 heteroatoms. The van der Waals surface area contributed by atoms with Gasteiger partial charge in [0.1, 0.15) is 30.0 Å². The monoisotopic (exact) mass is 564 g/mol. The van der Waals surface area contributed by atoms with Gasteiger partial charge in [0.2, 0.25) is 0 Å². The van der Waals surface area contributed by atoms with Gasteiger partial charge in [-0.15, -0.1) is 0 Å². The molecule has 0 spiro atoms. The molecule has 0 bridgehead atoms. The molecule has 1 fully saturated rings. The van der Waals surface area contributed by atoms with Gasteiger partial charge in [0.15, 0.2) is 0 Å². The molecule has 218 valence electrons. The van der Waals surface area contributed by atoms with Gasteiger partial charge in [0, 0.05) is 19.7 Å². The topological polar surface area (TPSA) is 110 Å². The Bertz CT molecular complexity index is 971. The highest BCUT2D eigenvalue weighted by Crippen LogP contribution is 2.31. The third-order valence-electron chi connectivity index (χ3n) is 6.42. The molecule has 39 heavy (non-hydrogen) atoms. The van der Waals surface area contributed by atoms with Gasteiger partial charge in [-0.1, -0.05) is 51.9 Å². The molecule has 1 aliphatic rings. The number of nitrogens with one attached hydrogen (secondary N) is 1. The number of nitrogens with zero attached hydrogens (tertiary/aromatic N) is 1. The lowest BCUT2D eigenvalue weighted by atomic mass is 10.1. The van der Waals surface area contributed by atoms with E-state index in [0.717, 1.165) is 12.8 Å². The summed E-state index contributed by atoms with van der Waals surface area (Å²) >= 11 is -1.84. The van der Waals surface area contributed by atoms with Crippen molar-refractivity contribution in [3.8, 4) is 17.2 Å². The van der Waals surface area contributed by atoms with E-state index in [-0.39, 0.29) is 19.0 Å². The maximum Gasteiger partial charge on any atom is 0.316 e. The fourth-order valence-corrected chi connectivity index (χ4v) is 4.89. The molecule has 9 nitrogen and oxygen atoms in total. The molecule has 1 heterocycles. The van der Waals surface area contributed by atoms with Crippen LogP contribution in [0.25, 0.3) is 0 Å². The zero-order chi connectivity index (χ0) is 27.7. The van der Waals surface area contributed by atoms with Crippen molar-refractivity contribution in [1.82, 2.24) is 0 Å². The fraction of sp³-hybridized carbons (Fsp3) is 0.586. The Morgan fingerprint density at radius 1 is 0.949 bits per heavy atom. The number of hydrogen-bond acceptors (Lipinski definition) is 8. The first-order chi connectivity index (χ1) is 19.0. The Labute approximate surface area is 235 Å². The van der Waals surface area contributed by atoms with E-state index < -0.39 is 17.4 Å². The van der Waals surface area contributed by atoms with E-state index in [1.807, 2.05) is 4.90 Å². The molecule has 3 N–H and O–H groups in total. The van der Waals surface area contributed by atoms with Crippen LogP contribution in [0.3, 0.4) is 0 Å². The molecule has 0 aromatic heterocycles. The highest BCUT2D eigenvalue weighted by atomic mass is 32.2. The Morgan fingerprint density at radius 3 is 2.33 bits per heavy atom. The molecular weight excluding hydrogens is 520 g/mol. The fourth-order valence-electron chi connectivity index (χ4n) is 4.24. The molecule has 0 radical (unpaired) electrons. The summed E-state index contributed by atoms with van der Waals surface area (Å²) in [6.45, 7) is 5.79. The minimum atomic E-state index is -1.84. The maximum atomic E-state index is 12.5. The first kappa shape index (κ1) is 31.0. The number of ether oxygens (including phenoxy) is 3. The molecule has 2 unspecified atom stereocenters. The number of hydrogen-bond donors (Lipinski definition) is 3. The van der Waals surface area contributed by atoms with Gasteiger partial charge < -0.3 is 33.5 Å². The number of benzene rings is 2. The third kappa shape index (κ3) is 12.0. The normalized spacial score (nSPS) is 15.1. The SMILES string of the molecule is CCCCCCCCCCOCC(O)COc1ccc(OS(=O)Nc2ccc(O)c(N3CCOCC3)c2)cc1. The van der Waals surface area contributed by atoms with Crippen LogP contribution < -0.4 is 18.5 Å². The minimum Gasteiger partial charge on any atom is -0.506 e. The van der Waals surface area contributed by atoms with Crippen LogP contribution in [0.15, 0.2) is 42.5 Å². The lowest BCUT2D eigenvalue weighted by Crippen LogP contribution is -2.36. The van der Waals surface area contributed by atoms with Crippen LogP contribution in [0.5, 0.6) is 17.2 Å². The Balaban J connectivity index is 1.30. The van der Waals surface area contributed by atoms with Crippen LogP contribution in [-0.2, 0) is 20.7 Å². The molecule has 0 aliphatic carbocycles. The maximum absolute atomic E-state index is 12.5. The van der Waals surface area contributed by atoms with E-state index in [9.17, 15) is 14.4 Å². The predicted octanol–water partition coefficient (Wildman–Crippen LogP) is 5.20. The van der Waals surface area contributed by atoms with Crippen LogP contribution in [0.4, 0.5) is 11.4 Å². The van der Waals surface area contributed by atoms with Crippen molar-refractivity contribution in [2.75, 3.05) is 55.7 Å². The summed E-state index contributed by atoms with van der Waals surface area (Å²) in [5.41, 5.74) is 1.22. The first-order valence-corrected chi connectivity index (χ1v) is 15.1. The summed E-state index contributed by atoms with van der Waals surface area (Å²) < 4.78 is 37.3. The summed E-state index contributed by atoms with van der Waals surface area (Å²) in [6.07, 6.45) is 9.28. The number of morpholine rings is 1. The highest BCUT2D eigenvalue weighted by Gasteiger charge is 2.16. The molecule has 2 atom stereocenters. The summed E-state index contributed by atoms with van der Waals surface area (Å²) in [4.78, 5) is 2.02. The van der Waals surface area contributed by atoms with E-state index in [1.54, 1.807) is 42.5 Å². The second-order valence-corrected chi connectivity index (χ2v) is 10.5. The van der Waals surface area contributed by atoms with E-state index in [4.69, 9.17) is 18.4 Å². The Kier molecular flexibility index (Phi) is 14.3.